The van der Waals surface area contributed by atoms with Crippen LogP contribution in [-0.2, 0) is 0 Å². The molecule has 13 heavy (non-hydrogen) atoms. The zero-order chi connectivity index (χ0) is 9.26. The summed E-state index contributed by atoms with van der Waals surface area (Å²) in [5.74, 6) is 0.0475. The molecule has 0 atom stereocenters. The molecule has 7 nitrogen and oxygen atoms in total. The number of aliphatic hydroxyl groups is 1. The average molecular weight is 182 g/mol. The largest absolute Gasteiger partial charge is 0.479 e. The standard InChI is InChI=1S/C6H6N4O3/c11-2-13-5-3-4(8-1-7-3)9-6(12)10-5/h1,11H,2H2,(H2,7,8,9,10,12). The van der Waals surface area contributed by atoms with Crippen molar-refractivity contribution in [3.8, 4) is 11.9 Å². The summed E-state index contributed by atoms with van der Waals surface area (Å²) in [6.45, 7) is -0.529. The van der Waals surface area contributed by atoms with Gasteiger partial charge in [-0.15, -0.1) is 0 Å². The number of ether oxygens (including phenoxy) is 1. The van der Waals surface area contributed by atoms with E-state index >= 15 is 0 Å². The lowest BCUT2D eigenvalue weighted by Crippen LogP contribution is -1.98. The summed E-state index contributed by atoms with van der Waals surface area (Å²) in [7, 11) is 0. The van der Waals surface area contributed by atoms with Crippen LogP contribution in [0.2, 0.25) is 0 Å². The number of aromatic nitrogens is 4. The predicted molar refractivity (Wildman–Crippen MR) is 41.1 cm³/mol. The first-order valence-electron chi connectivity index (χ1n) is 3.45. The molecule has 0 amide bonds. The van der Waals surface area contributed by atoms with E-state index in [1.54, 1.807) is 0 Å². The smallest absolute Gasteiger partial charge is 0.319 e. The number of H-pyrrole nitrogens is 1. The minimum Gasteiger partial charge on any atom is -0.479 e. The molecule has 0 aliphatic heterocycles. The summed E-state index contributed by atoms with van der Waals surface area (Å²) in [6.07, 6.45) is 1.39. The number of aromatic hydroxyl groups is 1. The number of rotatable bonds is 2. The Kier molecular flexibility index (Phi) is 1.71. The summed E-state index contributed by atoms with van der Waals surface area (Å²) >= 11 is 0. The molecule has 0 saturated heterocycles. The third kappa shape index (κ3) is 1.25. The monoisotopic (exact) mass is 182 g/mol. The summed E-state index contributed by atoms with van der Waals surface area (Å²) in [6, 6.07) is -0.430. The Labute approximate surface area is 72.0 Å². The van der Waals surface area contributed by atoms with Crippen LogP contribution in [-0.4, -0.2) is 36.9 Å². The average Bonchev–Trinajstić information content (AvgIpc) is 2.52. The van der Waals surface area contributed by atoms with Crippen molar-refractivity contribution in [2.24, 2.45) is 0 Å². The van der Waals surface area contributed by atoms with Gasteiger partial charge in [-0.25, -0.2) is 4.98 Å². The van der Waals surface area contributed by atoms with E-state index in [4.69, 9.17) is 14.9 Å². The van der Waals surface area contributed by atoms with Crippen molar-refractivity contribution in [2.75, 3.05) is 6.79 Å². The molecule has 0 saturated carbocycles. The Morgan fingerprint density at radius 1 is 1.46 bits per heavy atom. The van der Waals surface area contributed by atoms with Crippen LogP contribution in [0.15, 0.2) is 6.33 Å². The van der Waals surface area contributed by atoms with Crippen molar-refractivity contribution in [3.05, 3.63) is 6.33 Å². The molecule has 0 aliphatic carbocycles. The Morgan fingerprint density at radius 3 is 3.08 bits per heavy atom. The van der Waals surface area contributed by atoms with E-state index in [0.29, 0.717) is 11.2 Å². The maximum atomic E-state index is 9.02. The Bertz CT molecular complexity index is 427. The fourth-order valence-electron chi connectivity index (χ4n) is 0.960. The van der Waals surface area contributed by atoms with E-state index in [9.17, 15) is 0 Å². The van der Waals surface area contributed by atoms with Gasteiger partial charge in [-0.1, -0.05) is 0 Å². The second kappa shape index (κ2) is 2.87. The highest BCUT2D eigenvalue weighted by Crippen LogP contribution is 2.20. The maximum Gasteiger partial charge on any atom is 0.319 e. The van der Waals surface area contributed by atoms with Crippen LogP contribution in [0.1, 0.15) is 0 Å². The number of imidazole rings is 1. The van der Waals surface area contributed by atoms with Crippen LogP contribution in [0.4, 0.5) is 0 Å². The van der Waals surface area contributed by atoms with Gasteiger partial charge in [0.1, 0.15) is 0 Å². The zero-order valence-corrected chi connectivity index (χ0v) is 6.43. The molecule has 0 aliphatic rings. The number of nitrogens with zero attached hydrogens (tertiary/aromatic N) is 3. The summed E-state index contributed by atoms with van der Waals surface area (Å²) < 4.78 is 4.72. The number of aliphatic hydroxyl groups excluding tert-OH is 1. The van der Waals surface area contributed by atoms with E-state index in [0.717, 1.165) is 0 Å². The van der Waals surface area contributed by atoms with Crippen molar-refractivity contribution < 1.29 is 14.9 Å². The SMILES string of the molecule is OCOc1nc(O)nc2[nH]cnc12. The quantitative estimate of drug-likeness (QED) is 0.535. The molecule has 2 aromatic heterocycles. The van der Waals surface area contributed by atoms with Gasteiger partial charge in [0.25, 0.3) is 5.88 Å². The highest BCUT2D eigenvalue weighted by molar-refractivity contribution is 5.75. The van der Waals surface area contributed by atoms with Crippen molar-refractivity contribution in [3.63, 3.8) is 0 Å². The maximum absolute atomic E-state index is 9.02. The minimum absolute atomic E-state index is 0.0475. The van der Waals surface area contributed by atoms with Gasteiger partial charge >= 0.3 is 6.01 Å². The lowest BCUT2D eigenvalue weighted by Gasteiger charge is -2.00. The zero-order valence-electron chi connectivity index (χ0n) is 6.43. The van der Waals surface area contributed by atoms with Gasteiger partial charge in [-0.2, -0.15) is 9.97 Å². The normalized spacial score (nSPS) is 10.5. The molecule has 2 heterocycles. The summed E-state index contributed by atoms with van der Waals surface area (Å²) in [4.78, 5) is 13.7. The first kappa shape index (κ1) is 7.74. The number of aromatic amines is 1. The molecule has 3 N–H and O–H groups in total. The molecule has 7 heteroatoms. The molecular formula is C6H6N4O3. The minimum atomic E-state index is -0.529. The highest BCUT2D eigenvalue weighted by Gasteiger charge is 2.09. The van der Waals surface area contributed by atoms with E-state index < -0.39 is 12.8 Å². The fourth-order valence-corrected chi connectivity index (χ4v) is 0.960. The number of hydrogen-bond acceptors (Lipinski definition) is 6. The van der Waals surface area contributed by atoms with Crippen LogP contribution in [0, 0.1) is 0 Å². The Morgan fingerprint density at radius 2 is 2.31 bits per heavy atom. The van der Waals surface area contributed by atoms with E-state index in [1.807, 2.05) is 0 Å². The second-order valence-corrected chi connectivity index (χ2v) is 2.20. The van der Waals surface area contributed by atoms with E-state index in [1.165, 1.54) is 6.33 Å². The van der Waals surface area contributed by atoms with Gasteiger partial charge in [-0.05, 0) is 0 Å². The van der Waals surface area contributed by atoms with E-state index in [2.05, 4.69) is 19.9 Å². The molecule has 2 rings (SSSR count). The van der Waals surface area contributed by atoms with Gasteiger partial charge < -0.3 is 19.9 Å². The third-order valence-electron chi connectivity index (χ3n) is 1.44. The van der Waals surface area contributed by atoms with Crippen LogP contribution >= 0.6 is 0 Å². The summed E-state index contributed by atoms with van der Waals surface area (Å²) in [5.41, 5.74) is 0.725. The number of hydrogen-bond donors (Lipinski definition) is 3. The van der Waals surface area contributed by atoms with Crippen molar-refractivity contribution in [2.45, 2.75) is 0 Å². The molecule has 2 aromatic rings. The first-order chi connectivity index (χ1) is 6.31. The van der Waals surface area contributed by atoms with Crippen LogP contribution in [0.5, 0.6) is 11.9 Å². The third-order valence-corrected chi connectivity index (χ3v) is 1.44. The molecule has 0 radical (unpaired) electrons. The van der Waals surface area contributed by atoms with Gasteiger partial charge in [0.15, 0.2) is 18.0 Å². The summed E-state index contributed by atoms with van der Waals surface area (Å²) in [5, 5.41) is 17.5. The lowest BCUT2D eigenvalue weighted by molar-refractivity contribution is 0.0948. The van der Waals surface area contributed by atoms with E-state index in [-0.39, 0.29) is 5.88 Å². The van der Waals surface area contributed by atoms with Gasteiger partial charge in [0, 0.05) is 0 Å². The van der Waals surface area contributed by atoms with Gasteiger partial charge in [0.05, 0.1) is 6.33 Å². The number of fused-ring (bicyclic) bond motifs is 1. The molecule has 0 aromatic carbocycles. The Balaban J connectivity index is 2.63. The first-order valence-corrected chi connectivity index (χ1v) is 3.45. The molecule has 68 valence electrons. The van der Waals surface area contributed by atoms with Gasteiger partial charge in [-0.3, -0.25) is 0 Å². The topological polar surface area (TPSA) is 104 Å². The highest BCUT2D eigenvalue weighted by atomic mass is 16.6. The van der Waals surface area contributed by atoms with Crippen molar-refractivity contribution >= 4 is 11.2 Å². The molecular weight excluding hydrogens is 176 g/mol. The van der Waals surface area contributed by atoms with Crippen LogP contribution < -0.4 is 4.74 Å². The fraction of sp³-hybridized carbons (Fsp3) is 0.167. The molecule has 0 unspecified atom stereocenters. The Hall–Kier alpha value is -1.89. The van der Waals surface area contributed by atoms with Crippen LogP contribution in [0.3, 0.4) is 0 Å². The van der Waals surface area contributed by atoms with Gasteiger partial charge in [0.2, 0.25) is 0 Å². The predicted octanol–water partition coefficient (Wildman–Crippen LogP) is -0.613. The van der Waals surface area contributed by atoms with Crippen molar-refractivity contribution in [1.29, 1.82) is 0 Å². The lowest BCUT2D eigenvalue weighted by atomic mass is 10.5. The molecule has 0 spiro atoms. The van der Waals surface area contributed by atoms with Crippen molar-refractivity contribution in [1.82, 2.24) is 19.9 Å². The number of nitrogens with one attached hydrogen (secondary N) is 1. The van der Waals surface area contributed by atoms with Crippen LogP contribution in [0.25, 0.3) is 11.2 Å². The molecule has 0 fully saturated rings. The second-order valence-electron chi connectivity index (χ2n) is 2.20. The molecule has 0 bridgehead atoms.